The second-order valence-electron chi connectivity index (χ2n) is 21.0. The molecule has 0 saturated heterocycles. The maximum atomic E-state index is 10.8. The molecular weight excluding hydrogens is 768 g/mol. The van der Waals surface area contributed by atoms with Crippen molar-refractivity contribution in [3.05, 3.63) is 56.5 Å². The molecule has 8 aliphatic rings. The summed E-state index contributed by atoms with van der Waals surface area (Å²) < 4.78 is 1.76. The molecule has 10 rings (SSSR count). The van der Waals surface area contributed by atoms with Crippen molar-refractivity contribution in [1.82, 2.24) is 0 Å². The Morgan fingerprint density at radius 3 is 1.02 bits per heavy atom. The van der Waals surface area contributed by atoms with Crippen molar-refractivity contribution < 1.29 is 10.2 Å². The van der Waals surface area contributed by atoms with Crippen LogP contribution >= 0.6 is 31.9 Å². The molecule has 8 bridgehead atoms. The molecule has 8 aliphatic carbocycles. The van der Waals surface area contributed by atoms with Gasteiger partial charge in [-0.25, -0.2) is 0 Å². The number of unbranched alkanes of at least 4 members (excludes halogenated alkanes) is 4. The molecule has 0 spiro atoms. The van der Waals surface area contributed by atoms with Crippen LogP contribution in [0, 0.1) is 32.5 Å². The van der Waals surface area contributed by atoms with Crippen LogP contribution in [0.1, 0.15) is 193 Å². The highest BCUT2D eigenvalue weighted by Crippen LogP contribution is 2.87. The smallest absolute Gasteiger partial charge is 0.129 e. The van der Waals surface area contributed by atoms with Gasteiger partial charge in [0.1, 0.15) is 11.5 Å². The van der Waals surface area contributed by atoms with Gasteiger partial charge in [-0.15, -0.1) is 0 Å². The van der Waals surface area contributed by atoms with Crippen molar-refractivity contribution in [2.45, 2.75) is 193 Å². The van der Waals surface area contributed by atoms with Gasteiger partial charge in [0.2, 0.25) is 0 Å². The number of hydrogen-bond donors (Lipinski definition) is 2. The molecular formula is C48H68Br2O2. The van der Waals surface area contributed by atoms with Crippen molar-refractivity contribution in [3.63, 3.8) is 0 Å². The third-order valence-corrected chi connectivity index (χ3v) is 18.3. The number of phenolic OH excluding ortho intramolecular Hbond substituents is 2. The van der Waals surface area contributed by atoms with Crippen molar-refractivity contribution in [2.75, 3.05) is 0 Å². The molecule has 8 fully saturated rings. The Morgan fingerprint density at radius 2 is 0.750 bits per heavy atom. The van der Waals surface area contributed by atoms with Gasteiger partial charge in [-0.2, -0.15) is 0 Å². The SMILES string of the molecule is CCCCC12CC3(CCCC)CC(c4ccc(O)c(Br)c4)(C1)CC(C14CC5(CCCC)CC(CCCC)(CC(c6ccc(O)c(Br)c6)(C5)C1)C4)(C2)C3. The fourth-order valence-corrected chi connectivity index (χ4v) is 17.6. The zero-order valence-corrected chi connectivity index (χ0v) is 36.3. The highest BCUT2D eigenvalue weighted by atomic mass is 79.9. The van der Waals surface area contributed by atoms with Gasteiger partial charge in [-0.1, -0.05) is 91.2 Å². The molecule has 286 valence electrons. The van der Waals surface area contributed by atoms with Crippen LogP contribution in [-0.4, -0.2) is 10.2 Å². The molecule has 0 aliphatic heterocycles. The summed E-state index contributed by atoms with van der Waals surface area (Å²) in [6.45, 7) is 9.68. The van der Waals surface area contributed by atoms with E-state index in [-0.39, 0.29) is 10.8 Å². The summed E-state index contributed by atoms with van der Waals surface area (Å²) >= 11 is 7.63. The van der Waals surface area contributed by atoms with Crippen molar-refractivity contribution in [1.29, 1.82) is 0 Å². The molecule has 0 aromatic heterocycles. The van der Waals surface area contributed by atoms with Gasteiger partial charge in [-0.05, 0) is 213 Å². The number of hydrogen-bond acceptors (Lipinski definition) is 2. The van der Waals surface area contributed by atoms with E-state index in [1.165, 1.54) is 165 Å². The lowest BCUT2D eigenvalue weighted by Gasteiger charge is -2.81. The predicted octanol–water partition coefficient (Wildman–Crippen LogP) is 15.2. The second-order valence-corrected chi connectivity index (χ2v) is 22.7. The summed E-state index contributed by atoms with van der Waals surface area (Å²) in [6, 6.07) is 13.4. The summed E-state index contributed by atoms with van der Waals surface area (Å²) in [5.41, 5.74) is 5.71. The van der Waals surface area contributed by atoms with Crippen LogP contribution in [-0.2, 0) is 10.8 Å². The molecule has 4 atom stereocenters. The lowest BCUT2D eigenvalue weighted by atomic mass is 9.23. The first-order valence-corrected chi connectivity index (χ1v) is 23.4. The fourth-order valence-electron chi connectivity index (χ4n) is 16.8. The topological polar surface area (TPSA) is 40.5 Å². The highest BCUT2D eigenvalue weighted by Gasteiger charge is 2.78. The Balaban J connectivity index is 1.36. The first-order chi connectivity index (χ1) is 24.8. The summed E-state index contributed by atoms with van der Waals surface area (Å²) in [7, 11) is 0. The minimum absolute atomic E-state index is 0.178. The molecule has 0 amide bonds. The Bertz CT molecular complexity index is 1490. The number of benzene rings is 2. The second kappa shape index (κ2) is 13.3. The molecule has 4 heteroatoms. The van der Waals surface area contributed by atoms with E-state index in [0.29, 0.717) is 44.0 Å². The number of rotatable bonds is 15. The summed E-state index contributed by atoms with van der Waals surface area (Å²) in [4.78, 5) is 0. The third-order valence-electron chi connectivity index (χ3n) is 17.0. The van der Waals surface area contributed by atoms with E-state index in [1.807, 2.05) is 12.1 Å². The van der Waals surface area contributed by atoms with Gasteiger partial charge < -0.3 is 10.2 Å². The van der Waals surface area contributed by atoms with Crippen molar-refractivity contribution in [2.24, 2.45) is 32.5 Å². The Morgan fingerprint density at radius 1 is 0.442 bits per heavy atom. The average molecular weight is 837 g/mol. The summed E-state index contributed by atoms with van der Waals surface area (Å²) in [5, 5.41) is 21.5. The van der Waals surface area contributed by atoms with E-state index >= 15 is 0 Å². The lowest BCUT2D eigenvalue weighted by Crippen LogP contribution is -2.72. The molecule has 0 radical (unpaired) electrons. The molecule has 8 saturated carbocycles. The van der Waals surface area contributed by atoms with Crippen LogP contribution in [0.15, 0.2) is 45.3 Å². The van der Waals surface area contributed by atoms with Gasteiger partial charge in [0, 0.05) is 0 Å². The molecule has 2 nitrogen and oxygen atoms in total. The zero-order chi connectivity index (χ0) is 36.7. The first kappa shape index (κ1) is 37.9. The van der Waals surface area contributed by atoms with Gasteiger partial charge in [0.05, 0.1) is 8.95 Å². The third kappa shape index (κ3) is 5.93. The Hall–Kier alpha value is -1.00. The van der Waals surface area contributed by atoms with Gasteiger partial charge in [0.15, 0.2) is 0 Å². The van der Waals surface area contributed by atoms with Crippen molar-refractivity contribution >= 4 is 31.9 Å². The van der Waals surface area contributed by atoms with Gasteiger partial charge >= 0.3 is 0 Å². The van der Waals surface area contributed by atoms with Crippen LogP contribution in [0.25, 0.3) is 0 Å². The van der Waals surface area contributed by atoms with E-state index in [4.69, 9.17) is 0 Å². The van der Waals surface area contributed by atoms with Crippen LogP contribution in [0.5, 0.6) is 11.5 Å². The van der Waals surface area contributed by atoms with Gasteiger partial charge in [-0.3, -0.25) is 0 Å². The molecule has 4 unspecified atom stereocenters. The molecule has 2 N–H and O–H groups in total. The summed E-state index contributed by atoms with van der Waals surface area (Å²) in [5.74, 6) is 0.756. The van der Waals surface area contributed by atoms with Crippen LogP contribution in [0.3, 0.4) is 0 Å². The van der Waals surface area contributed by atoms with E-state index in [2.05, 4.69) is 83.8 Å². The molecule has 52 heavy (non-hydrogen) atoms. The van der Waals surface area contributed by atoms with E-state index in [9.17, 15) is 10.2 Å². The van der Waals surface area contributed by atoms with Crippen molar-refractivity contribution in [3.8, 4) is 11.5 Å². The molecule has 0 heterocycles. The zero-order valence-electron chi connectivity index (χ0n) is 33.1. The highest BCUT2D eigenvalue weighted by molar-refractivity contribution is 9.10. The van der Waals surface area contributed by atoms with Crippen LogP contribution in [0.4, 0.5) is 0 Å². The predicted molar refractivity (Wildman–Crippen MR) is 223 cm³/mol. The van der Waals surface area contributed by atoms with E-state index < -0.39 is 0 Å². The fraction of sp³-hybridized carbons (Fsp3) is 0.750. The van der Waals surface area contributed by atoms with Crippen LogP contribution in [0.2, 0.25) is 0 Å². The average Bonchev–Trinajstić information content (AvgIpc) is 3.09. The number of phenols is 2. The van der Waals surface area contributed by atoms with Crippen LogP contribution < -0.4 is 0 Å². The Labute approximate surface area is 333 Å². The largest absolute Gasteiger partial charge is 0.507 e. The lowest BCUT2D eigenvalue weighted by molar-refractivity contribution is -0.288. The monoisotopic (exact) mass is 834 g/mol. The Kier molecular flexibility index (Phi) is 9.70. The first-order valence-electron chi connectivity index (χ1n) is 21.8. The van der Waals surface area contributed by atoms with E-state index in [1.54, 1.807) is 0 Å². The molecule has 2 aromatic carbocycles. The maximum absolute atomic E-state index is 10.8. The minimum Gasteiger partial charge on any atom is -0.507 e. The minimum atomic E-state index is 0.178. The number of halogens is 2. The van der Waals surface area contributed by atoms with Gasteiger partial charge in [0.25, 0.3) is 0 Å². The standard InChI is InChI=1S/C48H68Br2O2/c1-5-9-17-41-23-42(18-10-6-2)26-45(25-41,35-13-15-39(51)37(49)21-35)33-47(29-41,30-42)48-31-43(19-11-7-3)24-44(32-48,20-12-8-4)28-46(27-43,34-48)36-14-16-40(52)38(50)22-36/h13-16,21-22,51-52H,5-12,17-20,23-34H2,1-4H3. The summed E-state index contributed by atoms with van der Waals surface area (Å²) in [6.07, 6.45) is 33.0. The number of aromatic hydroxyl groups is 2. The quantitative estimate of drug-likeness (QED) is 0.188. The molecule has 2 aromatic rings. The maximum Gasteiger partial charge on any atom is 0.129 e. The normalized spacial score (nSPS) is 41.3. The van der Waals surface area contributed by atoms with E-state index in [0.717, 1.165) is 8.95 Å².